The molecular weight excluding hydrogens is 299 g/mol. The first-order chi connectivity index (χ1) is 9.95. The Morgan fingerprint density at radius 3 is 2.81 bits per heavy atom. The summed E-state index contributed by atoms with van der Waals surface area (Å²) < 4.78 is 18.3. The third kappa shape index (κ3) is 3.10. The van der Waals surface area contributed by atoms with Gasteiger partial charge in [0.1, 0.15) is 11.5 Å². The predicted octanol–water partition coefficient (Wildman–Crippen LogP) is 2.46. The molecule has 2 rings (SSSR count). The Balaban J connectivity index is 2.49. The summed E-state index contributed by atoms with van der Waals surface area (Å²) >= 11 is 1.76. The molecule has 0 bridgehead atoms. The second-order valence-corrected chi connectivity index (χ2v) is 5.85. The van der Waals surface area contributed by atoms with Gasteiger partial charge < -0.3 is 9.64 Å². The highest BCUT2D eigenvalue weighted by molar-refractivity contribution is 7.99. The van der Waals surface area contributed by atoms with E-state index in [2.05, 4.69) is 4.74 Å². The van der Waals surface area contributed by atoms with Crippen LogP contribution in [0.3, 0.4) is 0 Å². The number of anilines is 1. The van der Waals surface area contributed by atoms with E-state index in [-0.39, 0.29) is 23.0 Å². The molecule has 0 N–H and O–H groups in total. The number of nitro groups is 1. The highest BCUT2D eigenvalue weighted by Crippen LogP contribution is 2.34. The number of rotatable bonds is 4. The number of carbonyl (C=O) groups is 1. The molecule has 0 aliphatic carbocycles. The van der Waals surface area contributed by atoms with Crippen molar-refractivity contribution in [1.29, 1.82) is 0 Å². The number of halogens is 1. The molecule has 8 heteroatoms. The van der Waals surface area contributed by atoms with E-state index < -0.39 is 16.7 Å². The Morgan fingerprint density at radius 2 is 2.29 bits per heavy atom. The molecule has 0 amide bonds. The van der Waals surface area contributed by atoms with Gasteiger partial charge in [0.05, 0.1) is 23.7 Å². The van der Waals surface area contributed by atoms with Gasteiger partial charge in [0.2, 0.25) is 0 Å². The van der Waals surface area contributed by atoms with Crippen LogP contribution >= 0.6 is 11.8 Å². The van der Waals surface area contributed by atoms with Crippen LogP contribution in [0.5, 0.6) is 0 Å². The number of hydrogen-bond donors (Lipinski definition) is 0. The van der Waals surface area contributed by atoms with Crippen LogP contribution in [-0.4, -0.2) is 42.6 Å². The van der Waals surface area contributed by atoms with Crippen LogP contribution in [-0.2, 0) is 4.74 Å². The van der Waals surface area contributed by atoms with Crippen LogP contribution in [0, 0.1) is 15.9 Å². The number of esters is 1. The normalized spacial score (nSPS) is 17.6. The summed E-state index contributed by atoms with van der Waals surface area (Å²) in [7, 11) is 2.86. The van der Waals surface area contributed by atoms with Crippen LogP contribution in [0.2, 0.25) is 0 Å². The van der Waals surface area contributed by atoms with Gasteiger partial charge >= 0.3 is 5.97 Å². The number of thioether (sulfide) groups is 1. The van der Waals surface area contributed by atoms with E-state index in [1.807, 2.05) is 0 Å². The molecule has 1 aliphatic heterocycles. The van der Waals surface area contributed by atoms with Crippen molar-refractivity contribution >= 4 is 29.1 Å². The zero-order valence-corrected chi connectivity index (χ0v) is 12.5. The molecule has 1 atom stereocenters. The second-order valence-electron chi connectivity index (χ2n) is 4.70. The number of carbonyl (C=O) groups excluding carboxylic acids is 1. The lowest BCUT2D eigenvalue weighted by molar-refractivity contribution is -0.384. The van der Waals surface area contributed by atoms with E-state index in [4.69, 9.17) is 0 Å². The monoisotopic (exact) mass is 314 g/mol. The summed E-state index contributed by atoms with van der Waals surface area (Å²) in [6.07, 6.45) is 0.892. The van der Waals surface area contributed by atoms with Crippen LogP contribution in [0.25, 0.3) is 0 Å². The minimum absolute atomic E-state index is 0.129. The largest absolute Gasteiger partial charge is 0.465 e. The number of hydrogen-bond acceptors (Lipinski definition) is 6. The summed E-state index contributed by atoms with van der Waals surface area (Å²) in [5.74, 6) is 0.0243. The third-order valence-corrected chi connectivity index (χ3v) is 4.64. The Bertz CT molecular complexity index is 576. The Labute approximate surface area is 125 Å². The number of methoxy groups -OCH3 is 1. The molecule has 0 spiro atoms. The third-order valence-electron chi connectivity index (χ3n) is 3.50. The van der Waals surface area contributed by atoms with Crippen molar-refractivity contribution in [1.82, 2.24) is 0 Å². The molecule has 1 fully saturated rings. The lowest BCUT2D eigenvalue weighted by Gasteiger charge is -2.26. The maximum absolute atomic E-state index is 13.8. The van der Waals surface area contributed by atoms with Gasteiger partial charge in [-0.05, 0) is 18.2 Å². The van der Waals surface area contributed by atoms with E-state index in [1.54, 1.807) is 23.7 Å². The number of nitrogens with zero attached hydrogens (tertiary/aromatic N) is 2. The van der Waals surface area contributed by atoms with E-state index in [1.165, 1.54) is 6.07 Å². The van der Waals surface area contributed by atoms with Crippen molar-refractivity contribution in [3.05, 3.63) is 33.6 Å². The Morgan fingerprint density at radius 1 is 1.57 bits per heavy atom. The molecule has 1 heterocycles. The minimum atomic E-state index is -0.952. The average Bonchev–Trinajstić information content (AvgIpc) is 2.99. The predicted molar refractivity (Wildman–Crippen MR) is 78.5 cm³/mol. The molecule has 6 nitrogen and oxygen atoms in total. The molecule has 0 aromatic heterocycles. The summed E-state index contributed by atoms with van der Waals surface area (Å²) in [5, 5.41) is 11.1. The second kappa shape index (κ2) is 6.30. The van der Waals surface area contributed by atoms with Crippen molar-refractivity contribution < 1.29 is 18.8 Å². The molecule has 1 aromatic rings. The summed E-state index contributed by atoms with van der Waals surface area (Å²) in [4.78, 5) is 23.8. The van der Waals surface area contributed by atoms with Gasteiger partial charge in [-0.25, -0.2) is 9.18 Å². The number of ether oxygens (including phenoxy) is 1. The highest BCUT2D eigenvalue weighted by atomic mass is 32.2. The van der Waals surface area contributed by atoms with Crippen molar-refractivity contribution in [2.75, 3.05) is 30.6 Å². The smallest absolute Gasteiger partial charge is 0.340 e. The molecule has 0 radical (unpaired) electrons. The molecule has 1 unspecified atom stereocenters. The Kier molecular flexibility index (Phi) is 4.66. The molecule has 1 aromatic carbocycles. The van der Waals surface area contributed by atoms with E-state index >= 15 is 0 Å². The topological polar surface area (TPSA) is 72.7 Å². The minimum Gasteiger partial charge on any atom is -0.465 e. The summed E-state index contributed by atoms with van der Waals surface area (Å²) in [5.41, 5.74) is -0.413. The Hall–Kier alpha value is -1.83. The van der Waals surface area contributed by atoms with Gasteiger partial charge in [0, 0.05) is 18.8 Å². The maximum Gasteiger partial charge on any atom is 0.340 e. The standard InChI is InChI=1S/C13H15FN2O4S/c1-15(8-3-4-21-7-8)11-5-9(13(17)20-2)10(14)6-12(11)16(18)19/h5-6,8H,3-4,7H2,1-2H3. The van der Waals surface area contributed by atoms with Gasteiger partial charge in [-0.3, -0.25) is 10.1 Å². The van der Waals surface area contributed by atoms with Crippen LogP contribution in [0.1, 0.15) is 16.8 Å². The molecular formula is C13H15FN2O4S. The van der Waals surface area contributed by atoms with Crippen molar-refractivity contribution in [3.8, 4) is 0 Å². The lowest BCUT2D eigenvalue weighted by atomic mass is 10.1. The molecule has 1 saturated heterocycles. The van der Waals surface area contributed by atoms with Gasteiger partial charge in [0.25, 0.3) is 5.69 Å². The average molecular weight is 314 g/mol. The summed E-state index contributed by atoms with van der Waals surface area (Å²) in [6, 6.07) is 2.10. The molecule has 1 aliphatic rings. The number of nitro benzene ring substituents is 1. The first-order valence-electron chi connectivity index (χ1n) is 6.32. The van der Waals surface area contributed by atoms with Crippen molar-refractivity contribution in [2.24, 2.45) is 0 Å². The molecule has 21 heavy (non-hydrogen) atoms. The number of benzene rings is 1. The van der Waals surface area contributed by atoms with E-state index in [0.29, 0.717) is 0 Å². The van der Waals surface area contributed by atoms with Crippen LogP contribution in [0.4, 0.5) is 15.8 Å². The van der Waals surface area contributed by atoms with Crippen molar-refractivity contribution in [2.45, 2.75) is 12.5 Å². The van der Waals surface area contributed by atoms with Gasteiger partial charge in [-0.15, -0.1) is 0 Å². The van der Waals surface area contributed by atoms with Gasteiger partial charge in [0.15, 0.2) is 0 Å². The first kappa shape index (κ1) is 15.6. The molecule has 114 valence electrons. The maximum atomic E-state index is 13.8. The zero-order chi connectivity index (χ0) is 15.6. The zero-order valence-electron chi connectivity index (χ0n) is 11.7. The van der Waals surface area contributed by atoms with E-state index in [0.717, 1.165) is 31.1 Å². The van der Waals surface area contributed by atoms with Crippen molar-refractivity contribution in [3.63, 3.8) is 0 Å². The fourth-order valence-electron chi connectivity index (χ4n) is 2.27. The van der Waals surface area contributed by atoms with Gasteiger partial charge in [-0.1, -0.05) is 0 Å². The van der Waals surface area contributed by atoms with E-state index in [9.17, 15) is 19.3 Å². The SMILES string of the molecule is COC(=O)c1cc(N(C)C2CCSC2)c([N+](=O)[O-])cc1F. The quantitative estimate of drug-likeness (QED) is 0.483. The van der Waals surface area contributed by atoms with Crippen LogP contribution < -0.4 is 4.90 Å². The summed E-state index contributed by atoms with van der Waals surface area (Å²) in [6.45, 7) is 0. The molecule has 0 saturated carbocycles. The fourth-order valence-corrected chi connectivity index (χ4v) is 3.54. The fraction of sp³-hybridized carbons (Fsp3) is 0.462. The van der Waals surface area contributed by atoms with Gasteiger partial charge in [-0.2, -0.15) is 11.8 Å². The lowest BCUT2D eigenvalue weighted by Crippen LogP contribution is -2.32. The first-order valence-corrected chi connectivity index (χ1v) is 7.48. The highest BCUT2D eigenvalue weighted by Gasteiger charge is 2.29. The van der Waals surface area contributed by atoms with Crippen LogP contribution in [0.15, 0.2) is 12.1 Å².